The van der Waals surface area contributed by atoms with Crippen molar-refractivity contribution in [3.63, 3.8) is 0 Å². The third-order valence-electron chi connectivity index (χ3n) is 6.59. The molecule has 0 N–H and O–H groups in total. The first kappa shape index (κ1) is 14.6. The monoisotopic (exact) mass is 306 g/mol. The van der Waals surface area contributed by atoms with E-state index in [4.69, 9.17) is 0 Å². The molecular formula is C20H24N3+. The van der Waals surface area contributed by atoms with E-state index in [1.807, 2.05) is 18.7 Å². The summed E-state index contributed by atoms with van der Waals surface area (Å²) in [4.78, 5) is 9.23. The Balaban J connectivity index is 2.36. The van der Waals surface area contributed by atoms with Gasteiger partial charge in [0, 0.05) is 11.6 Å². The molecule has 0 radical (unpaired) electrons. The van der Waals surface area contributed by atoms with Crippen LogP contribution in [0.4, 0.5) is 0 Å². The normalized spacial score (nSPS) is 26.3. The number of pyridine rings is 1. The highest BCUT2D eigenvalue weighted by Gasteiger charge is 2.52. The van der Waals surface area contributed by atoms with E-state index in [2.05, 4.69) is 61.3 Å². The van der Waals surface area contributed by atoms with Crippen molar-refractivity contribution in [2.75, 3.05) is 0 Å². The van der Waals surface area contributed by atoms with Crippen LogP contribution in [0.3, 0.4) is 0 Å². The van der Waals surface area contributed by atoms with Crippen LogP contribution in [0, 0.1) is 6.92 Å². The van der Waals surface area contributed by atoms with Crippen LogP contribution in [0.25, 0.3) is 21.8 Å². The Morgan fingerprint density at radius 1 is 1.17 bits per heavy atom. The maximum absolute atomic E-state index is 4.67. The van der Waals surface area contributed by atoms with Crippen molar-refractivity contribution in [1.82, 2.24) is 9.97 Å². The molecule has 0 saturated carbocycles. The predicted molar refractivity (Wildman–Crippen MR) is 93.6 cm³/mol. The average molecular weight is 306 g/mol. The number of nitrogens with zero attached hydrogens (tertiary/aromatic N) is 3. The number of hydrogen-bond donors (Lipinski definition) is 0. The quantitative estimate of drug-likeness (QED) is 0.525. The van der Waals surface area contributed by atoms with Gasteiger partial charge >= 0.3 is 0 Å². The summed E-state index contributed by atoms with van der Waals surface area (Å²) in [5.41, 5.74) is 5.15. The minimum Gasteiger partial charge on any atom is -0.256 e. The molecule has 1 aliphatic rings. The second-order valence-corrected chi connectivity index (χ2v) is 7.29. The molecule has 2 aromatic heterocycles. The third-order valence-corrected chi connectivity index (χ3v) is 6.59. The standard InChI is InChI=1S/C20H24N3/c1-6-19(4)15-8-9-22-16-10-13(3)14-11-21-12-23(18(14)17(15)16)20(19,5)7-2/h8-12H,6-7H2,1-5H3/q+1. The van der Waals surface area contributed by atoms with Gasteiger partial charge in [-0.05, 0) is 49.9 Å². The minimum absolute atomic E-state index is 0.00331. The highest BCUT2D eigenvalue weighted by atomic mass is 15.1. The van der Waals surface area contributed by atoms with Crippen LogP contribution in [0.1, 0.15) is 51.7 Å². The summed E-state index contributed by atoms with van der Waals surface area (Å²) in [5.74, 6) is 0. The Kier molecular flexibility index (Phi) is 2.85. The lowest BCUT2D eigenvalue weighted by Crippen LogP contribution is -2.66. The van der Waals surface area contributed by atoms with Crippen LogP contribution in [0.5, 0.6) is 0 Å². The Labute approximate surface area is 137 Å². The van der Waals surface area contributed by atoms with E-state index < -0.39 is 0 Å². The first-order valence-electron chi connectivity index (χ1n) is 8.56. The number of hydrogen-bond acceptors (Lipinski definition) is 2. The smallest absolute Gasteiger partial charge is 0.256 e. The summed E-state index contributed by atoms with van der Waals surface area (Å²) < 4.78 is 2.43. The molecule has 2 unspecified atom stereocenters. The lowest BCUT2D eigenvalue weighted by Gasteiger charge is -2.47. The molecular weight excluding hydrogens is 282 g/mol. The van der Waals surface area contributed by atoms with Crippen LogP contribution < -0.4 is 4.57 Å². The van der Waals surface area contributed by atoms with Crippen LogP contribution in [0.15, 0.2) is 30.9 Å². The van der Waals surface area contributed by atoms with Gasteiger partial charge < -0.3 is 0 Å². The average Bonchev–Trinajstić information content (AvgIpc) is 2.58. The molecule has 1 aliphatic heterocycles. The van der Waals surface area contributed by atoms with E-state index in [0.29, 0.717) is 0 Å². The van der Waals surface area contributed by atoms with Gasteiger partial charge in [-0.2, -0.15) is 0 Å². The summed E-state index contributed by atoms with van der Waals surface area (Å²) in [6, 6.07) is 4.44. The van der Waals surface area contributed by atoms with Crippen LogP contribution in [0.2, 0.25) is 0 Å². The first-order valence-corrected chi connectivity index (χ1v) is 8.56. The van der Waals surface area contributed by atoms with Gasteiger partial charge in [-0.15, -0.1) is 0 Å². The van der Waals surface area contributed by atoms with Crippen LogP contribution in [-0.2, 0) is 11.0 Å². The molecule has 0 bridgehead atoms. The van der Waals surface area contributed by atoms with E-state index in [-0.39, 0.29) is 11.0 Å². The number of aryl methyl sites for hydroxylation is 1. The Hall–Kier alpha value is -2.03. The van der Waals surface area contributed by atoms with E-state index in [9.17, 15) is 0 Å². The number of aromatic nitrogens is 3. The molecule has 3 heterocycles. The van der Waals surface area contributed by atoms with E-state index in [0.717, 1.165) is 18.4 Å². The Morgan fingerprint density at radius 3 is 2.65 bits per heavy atom. The van der Waals surface area contributed by atoms with Crippen LogP contribution in [-0.4, -0.2) is 9.97 Å². The van der Waals surface area contributed by atoms with Gasteiger partial charge in [0.05, 0.1) is 16.3 Å². The van der Waals surface area contributed by atoms with Gasteiger partial charge in [0.15, 0.2) is 6.20 Å². The summed E-state index contributed by atoms with van der Waals surface area (Å²) in [7, 11) is 0. The molecule has 3 heteroatoms. The maximum atomic E-state index is 4.67. The molecule has 23 heavy (non-hydrogen) atoms. The van der Waals surface area contributed by atoms with Gasteiger partial charge in [-0.1, -0.05) is 25.8 Å². The van der Waals surface area contributed by atoms with Crippen molar-refractivity contribution in [3.8, 4) is 0 Å². The zero-order chi connectivity index (χ0) is 16.4. The van der Waals surface area contributed by atoms with Gasteiger partial charge in [0.1, 0.15) is 11.1 Å². The summed E-state index contributed by atoms with van der Waals surface area (Å²) in [6.07, 6.45) is 8.16. The zero-order valence-electron chi connectivity index (χ0n) is 14.6. The molecule has 0 saturated heterocycles. The van der Waals surface area contributed by atoms with Gasteiger partial charge in [-0.25, -0.2) is 4.57 Å². The van der Waals surface area contributed by atoms with Gasteiger partial charge in [0.2, 0.25) is 0 Å². The molecule has 3 aromatic rings. The molecule has 0 aliphatic carbocycles. The van der Waals surface area contributed by atoms with Crippen molar-refractivity contribution < 1.29 is 4.57 Å². The second kappa shape index (κ2) is 4.50. The van der Waals surface area contributed by atoms with E-state index in [1.54, 1.807) is 0 Å². The summed E-state index contributed by atoms with van der Waals surface area (Å²) >= 11 is 0. The lowest BCUT2D eigenvalue weighted by molar-refractivity contribution is -0.753. The first-order chi connectivity index (χ1) is 11.0. The molecule has 0 amide bonds. The Morgan fingerprint density at radius 2 is 1.96 bits per heavy atom. The molecule has 3 nitrogen and oxygen atoms in total. The van der Waals surface area contributed by atoms with E-state index in [1.165, 1.54) is 27.4 Å². The minimum atomic E-state index is 0.00331. The third kappa shape index (κ3) is 1.53. The lowest BCUT2D eigenvalue weighted by atomic mass is 9.61. The van der Waals surface area contributed by atoms with Gasteiger partial charge in [0.25, 0.3) is 6.33 Å². The number of benzene rings is 1. The highest BCUT2D eigenvalue weighted by molar-refractivity contribution is 6.06. The highest BCUT2D eigenvalue weighted by Crippen LogP contribution is 2.49. The van der Waals surface area contributed by atoms with Crippen molar-refractivity contribution in [2.24, 2.45) is 0 Å². The molecule has 2 atom stereocenters. The number of rotatable bonds is 2. The fourth-order valence-corrected chi connectivity index (χ4v) is 4.61. The summed E-state index contributed by atoms with van der Waals surface area (Å²) in [6.45, 7) is 11.5. The summed E-state index contributed by atoms with van der Waals surface area (Å²) in [5, 5.41) is 2.55. The molecule has 1 aromatic carbocycles. The van der Waals surface area contributed by atoms with Crippen LogP contribution >= 0.6 is 0 Å². The SMILES string of the molecule is CCC1(C)c2ccnc3cc(C)c4cnc[n+](c4c23)C1(C)CC. The molecule has 4 rings (SSSR count). The topological polar surface area (TPSA) is 29.7 Å². The van der Waals surface area contributed by atoms with E-state index >= 15 is 0 Å². The molecule has 118 valence electrons. The Bertz CT molecular complexity index is 946. The molecule has 0 spiro atoms. The van der Waals surface area contributed by atoms with Crippen molar-refractivity contribution in [1.29, 1.82) is 0 Å². The maximum Gasteiger partial charge on any atom is 0.287 e. The van der Waals surface area contributed by atoms with Gasteiger partial charge in [-0.3, -0.25) is 4.98 Å². The van der Waals surface area contributed by atoms with Crippen molar-refractivity contribution >= 4 is 21.8 Å². The predicted octanol–water partition coefficient (Wildman–Crippen LogP) is 4.19. The molecule has 0 fully saturated rings. The van der Waals surface area contributed by atoms with Crippen molar-refractivity contribution in [3.05, 3.63) is 42.0 Å². The zero-order valence-corrected chi connectivity index (χ0v) is 14.6. The second-order valence-electron chi connectivity index (χ2n) is 7.29. The largest absolute Gasteiger partial charge is 0.287 e. The fourth-order valence-electron chi connectivity index (χ4n) is 4.61. The fraction of sp³-hybridized carbons (Fsp3) is 0.450. The van der Waals surface area contributed by atoms with Crippen molar-refractivity contribution in [2.45, 2.75) is 58.4 Å².